The summed E-state index contributed by atoms with van der Waals surface area (Å²) >= 11 is 5.76. The summed E-state index contributed by atoms with van der Waals surface area (Å²) in [5.41, 5.74) is 2.31. The van der Waals surface area contributed by atoms with Gasteiger partial charge in [-0.1, -0.05) is 31.5 Å². The van der Waals surface area contributed by atoms with E-state index in [-0.39, 0.29) is 0 Å². The second kappa shape index (κ2) is 5.90. The van der Waals surface area contributed by atoms with Gasteiger partial charge in [-0.15, -0.1) is 0 Å². The van der Waals surface area contributed by atoms with Crippen LogP contribution in [-0.2, 0) is 0 Å². The van der Waals surface area contributed by atoms with Crippen molar-refractivity contribution < 1.29 is 0 Å². The number of benzene rings is 1. The van der Waals surface area contributed by atoms with Crippen LogP contribution in [0.1, 0.15) is 19.4 Å². The summed E-state index contributed by atoms with van der Waals surface area (Å²) in [7, 11) is 1.89. The van der Waals surface area contributed by atoms with E-state index in [4.69, 9.17) is 11.6 Å². The summed E-state index contributed by atoms with van der Waals surface area (Å²) in [5.74, 6) is 0. The first-order valence-corrected chi connectivity index (χ1v) is 4.55. The molecule has 0 aromatic heterocycles. The molecular formula is C10H16ClN. The Hall–Kier alpha value is -0.690. The van der Waals surface area contributed by atoms with E-state index in [1.807, 2.05) is 46.0 Å². The van der Waals surface area contributed by atoms with Crippen LogP contribution < -0.4 is 5.32 Å². The topological polar surface area (TPSA) is 12.0 Å². The molecule has 68 valence electrons. The fourth-order valence-corrected chi connectivity index (χ4v) is 1.04. The van der Waals surface area contributed by atoms with Gasteiger partial charge in [-0.05, 0) is 24.6 Å². The largest absolute Gasteiger partial charge is 0.388 e. The standard InChI is InChI=1S/C8H10ClN.C2H6/c1-6-3-4-7(9)5-8(6)10-2;1-2/h3-5,10H,1-2H3;1-2H3. The number of hydrogen-bond acceptors (Lipinski definition) is 1. The molecule has 1 rings (SSSR count). The Morgan fingerprint density at radius 2 is 1.83 bits per heavy atom. The van der Waals surface area contributed by atoms with E-state index in [0.29, 0.717) is 0 Å². The number of aryl methyl sites for hydroxylation is 1. The predicted octanol–water partition coefficient (Wildman–Crippen LogP) is 3.72. The lowest BCUT2D eigenvalue weighted by molar-refractivity contribution is 1.41. The fourth-order valence-electron chi connectivity index (χ4n) is 0.864. The molecule has 1 aromatic carbocycles. The molecule has 0 radical (unpaired) electrons. The fraction of sp³-hybridized carbons (Fsp3) is 0.400. The van der Waals surface area contributed by atoms with Gasteiger partial charge in [0, 0.05) is 17.8 Å². The zero-order valence-corrected chi connectivity index (χ0v) is 8.87. The van der Waals surface area contributed by atoms with Crippen molar-refractivity contribution in [1.29, 1.82) is 0 Å². The molecule has 2 heteroatoms. The van der Waals surface area contributed by atoms with Crippen molar-refractivity contribution in [1.82, 2.24) is 0 Å². The summed E-state index contributed by atoms with van der Waals surface area (Å²) in [6.45, 7) is 6.04. The molecule has 1 nitrogen and oxygen atoms in total. The van der Waals surface area contributed by atoms with Crippen molar-refractivity contribution in [3.63, 3.8) is 0 Å². The number of nitrogens with one attached hydrogen (secondary N) is 1. The molecule has 0 spiro atoms. The Morgan fingerprint density at radius 1 is 1.25 bits per heavy atom. The third-order valence-corrected chi connectivity index (χ3v) is 1.70. The van der Waals surface area contributed by atoms with Gasteiger partial charge >= 0.3 is 0 Å². The Bertz CT molecular complexity index is 233. The quantitative estimate of drug-likeness (QED) is 0.704. The first kappa shape index (κ1) is 11.3. The van der Waals surface area contributed by atoms with Gasteiger partial charge < -0.3 is 5.32 Å². The lowest BCUT2D eigenvalue weighted by Gasteiger charge is -2.03. The maximum atomic E-state index is 5.76. The van der Waals surface area contributed by atoms with Gasteiger partial charge in [-0.2, -0.15) is 0 Å². The van der Waals surface area contributed by atoms with Gasteiger partial charge in [0.1, 0.15) is 0 Å². The van der Waals surface area contributed by atoms with E-state index in [2.05, 4.69) is 5.32 Å². The minimum absolute atomic E-state index is 0.773. The van der Waals surface area contributed by atoms with Crippen LogP contribution in [0.4, 0.5) is 5.69 Å². The van der Waals surface area contributed by atoms with Crippen LogP contribution in [0.5, 0.6) is 0 Å². The van der Waals surface area contributed by atoms with E-state index in [1.54, 1.807) is 0 Å². The maximum absolute atomic E-state index is 5.76. The first-order valence-electron chi connectivity index (χ1n) is 4.18. The molecule has 1 N–H and O–H groups in total. The highest BCUT2D eigenvalue weighted by Gasteiger charge is 1.94. The van der Waals surface area contributed by atoms with Crippen molar-refractivity contribution in [2.75, 3.05) is 12.4 Å². The molecule has 0 unspecified atom stereocenters. The third-order valence-electron chi connectivity index (χ3n) is 1.47. The first-order chi connectivity index (χ1) is 5.74. The van der Waals surface area contributed by atoms with Crippen molar-refractivity contribution in [2.45, 2.75) is 20.8 Å². The number of anilines is 1. The molecule has 0 atom stereocenters. The molecule has 0 saturated carbocycles. The molecule has 0 aliphatic rings. The number of hydrogen-bond donors (Lipinski definition) is 1. The van der Waals surface area contributed by atoms with Crippen molar-refractivity contribution in [3.05, 3.63) is 28.8 Å². The van der Waals surface area contributed by atoms with E-state index in [1.165, 1.54) is 5.56 Å². The maximum Gasteiger partial charge on any atom is 0.0426 e. The minimum atomic E-state index is 0.773. The summed E-state index contributed by atoms with van der Waals surface area (Å²) in [6, 6.07) is 5.79. The SMILES string of the molecule is CC.CNc1cc(Cl)ccc1C. The second-order valence-corrected chi connectivity index (χ2v) is 2.65. The summed E-state index contributed by atoms with van der Waals surface area (Å²) in [6.07, 6.45) is 0. The summed E-state index contributed by atoms with van der Waals surface area (Å²) < 4.78 is 0. The summed E-state index contributed by atoms with van der Waals surface area (Å²) in [5, 5.41) is 3.82. The van der Waals surface area contributed by atoms with Gasteiger partial charge in [0.2, 0.25) is 0 Å². The van der Waals surface area contributed by atoms with Crippen LogP contribution in [0.25, 0.3) is 0 Å². The second-order valence-electron chi connectivity index (χ2n) is 2.21. The third kappa shape index (κ3) is 3.14. The Kier molecular flexibility index (Phi) is 5.56. The van der Waals surface area contributed by atoms with Crippen LogP contribution in [0, 0.1) is 6.92 Å². The Morgan fingerprint density at radius 3 is 2.25 bits per heavy atom. The van der Waals surface area contributed by atoms with Crippen LogP contribution in [-0.4, -0.2) is 7.05 Å². The molecular weight excluding hydrogens is 170 g/mol. The van der Waals surface area contributed by atoms with Crippen LogP contribution in [0.2, 0.25) is 5.02 Å². The van der Waals surface area contributed by atoms with E-state index >= 15 is 0 Å². The Labute approximate surface area is 79.8 Å². The molecule has 0 amide bonds. The van der Waals surface area contributed by atoms with Gasteiger partial charge in [0.25, 0.3) is 0 Å². The molecule has 0 aliphatic heterocycles. The van der Waals surface area contributed by atoms with Crippen LogP contribution >= 0.6 is 11.6 Å². The molecule has 0 fully saturated rings. The van der Waals surface area contributed by atoms with Crippen LogP contribution in [0.3, 0.4) is 0 Å². The minimum Gasteiger partial charge on any atom is -0.388 e. The lowest BCUT2D eigenvalue weighted by atomic mass is 10.2. The molecule has 0 heterocycles. The van der Waals surface area contributed by atoms with Crippen LogP contribution in [0.15, 0.2) is 18.2 Å². The van der Waals surface area contributed by atoms with Gasteiger partial charge in [-0.3, -0.25) is 0 Å². The van der Waals surface area contributed by atoms with Gasteiger partial charge in [0.15, 0.2) is 0 Å². The predicted molar refractivity (Wildman–Crippen MR) is 57.1 cm³/mol. The molecule has 0 bridgehead atoms. The van der Waals surface area contributed by atoms with Crippen molar-refractivity contribution >= 4 is 17.3 Å². The number of rotatable bonds is 1. The average molecular weight is 186 g/mol. The number of halogens is 1. The monoisotopic (exact) mass is 185 g/mol. The lowest BCUT2D eigenvalue weighted by Crippen LogP contribution is -1.90. The van der Waals surface area contributed by atoms with E-state index < -0.39 is 0 Å². The van der Waals surface area contributed by atoms with Gasteiger partial charge in [0.05, 0.1) is 0 Å². The molecule has 1 aromatic rings. The average Bonchev–Trinajstić information content (AvgIpc) is 2.13. The highest BCUT2D eigenvalue weighted by atomic mass is 35.5. The molecule has 0 aliphatic carbocycles. The van der Waals surface area contributed by atoms with Gasteiger partial charge in [-0.25, -0.2) is 0 Å². The molecule has 12 heavy (non-hydrogen) atoms. The smallest absolute Gasteiger partial charge is 0.0426 e. The van der Waals surface area contributed by atoms with Crippen molar-refractivity contribution in [3.8, 4) is 0 Å². The van der Waals surface area contributed by atoms with E-state index in [9.17, 15) is 0 Å². The van der Waals surface area contributed by atoms with Crippen molar-refractivity contribution in [2.24, 2.45) is 0 Å². The zero-order valence-electron chi connectivity index (χ0n) is 8.11. The van der Waals surface area contributed by atoms with E-state index in [0.717, 1.165) is 10.7 Å². The summed E-state index contributed by atoms with van der Waals surface area (Å²) in [4.78, 5) is 0. The zero-order chi connectivity index (χ0) is 9.56. The normalized spacial score (nSPS) is 8.42. The molecule has 0 saturated heterocycles. The highest BCUT2D eigenvalue weighted by Crippen LogP contribution is 2.18. The Balaban J connectivity index is 0.000000561. The highest BCUT2D eigenvalue weighted by molar-refractivity contribution is 6.30.